The Morgan fingerprint density at radius 2 is 1.68 bits per heavy atom. The molecule has 0 amide bonds. The number of rotatable bonds is 1. The molecule has 0 aliphatic rings. The van der Waals surface area contributed by atoms with Crippen LogP contribution in [0.3, 0.4) is 0 Å². The van der Waals surface area contributed by atoms with Gasteiger partial charge >= 0.3 is 0 Å². The molecular formula is C16H15ClN2. The lowest BCUT2D eigenvalue weighted by molar-refractivity contribution is 1.25. The lowest BCUT2D eigenvalue weighted by atomic mass is 9.99. The van der Waals surface area contributed by atoms with E-state index in [1.165, 1.54) is 22.3 Å². The van der Waals surface area contributed by atoms with Crippen LogP contribution in [0, 0.1) is 20.8 Å². The second kappa shape index (κ2) is 4.39. The number of H-pyrrole nitrogens is 1. The van der Waals surface area contributed by atoms with E-state index in [0.29, 0.717) is 0 Å². The Labute approximate surface area is 117 Å². The first-order chi connectivity index (χ1) is 9.04. The van der Waals surface area contributed by atoms with E-state index in [-0.39, 0.29) is 0 Å². The highest BCUT2D eigenvalue weighted by atomic mass is 35.5. The normalized spacial score (nSPS) is 11.2. The van der Waals surface area contributed by atoms with Crippen LogP contribution in [0.4, 0.5) is 0 Å². The van der Waals surface area contributed by atoms with Gasteiger partial charge in [0.2, 0.25) is 0 Å². The van der Waals surface area contributed by atoms with Crippen LogP contribution in [0.15, 0.2) is 30.3 Å². The van der Waals surface area contributed by atoms with Crippen molar-refractivity contribution in [3.8, 4) is 11.4 Å². The van der Waals surface area contributed by atoms with Gasteiger partial charge in [-0.25, -0.2) is 4.98 Å². The number of fused-ring (bicyclic) bond motifs is 1. The Morgan fingerprint density at radius 3 is 2.37 bits per heavy atom. The van der Waals surface area contributed by atoms with Gasteiger partial charge < -0.3 is 4.98 Å². The first kappa shape index (κ1) is 12.2. The van der Waals surface area contributed by atoms with Gasteiger partial charge in [-0.05, 0) is 50.1 Å². The Balaban J connectivity index is 2.24. The van der Waals surface area contributed by atoms with Gasteiger partial charge in [-0.2, -0.15) is 0 Å². The molecule has 0 saturated heterocycles. The van der Waals surface area contributed by atoms with Crippen molar-refractivity contribution in [3.63, 3.8) is 0 Å². The maximum atomic E-state index is 6.01. The lowest BCUT2D eigenvalue weighted by Gasteiger charge is -2.08. The van der Waals surface area contributed by atoms with Gasteiger partial charge in [0.1, 0.15) is 5.82 Å². The molecule has 1 heterocycles. The van der Waals surface area contributed by atoms with Crippen LogP contribution in [-0.2, 0) is 0 Å². The van der Waals surface area contributed by atoms with Crippen LogP contribution in [0.25, 0.3) is 22.4 Å². The summed E-state index contributed by atoms with van der Waals surface area (Å²) < 4.78 is 0. The number of imidazole rings is 1. The summed E-state index contributed by atoms with van der Waals surface area (Å²) in [7, 11) is 0. The molecule has 0 radical (unpaired) electrons. The molecule has 0 atom stereocenters. The van der Waals surface area contributed by atoms with Gasteiger partial charge in [0.05, 0.1) is 11.0 Å². The number of aromatic amines is 1. The van der Waals surface area contributed by atoms with E-state index in [4.69, 9.17) is 11.6 Å². The van der Waals surface area contributed by atoms with E-state index in [9.17, 15) is 0 Å². The smallest absolute Gasteiger partial charge is 0.139 e. The standard InChI is InChI=1S/C16H15ClN2/c1-9-6-10(2)15(11(3)7-9)16-18-13-5-4-12(17)8-14(13)19-16/h4-8H,1-3H3,(H,18,19). The molecule has 0 fully saturated rings. The fourth-order valence-corrected chi connectivity index (χ4v) is 2.83. The first-order valence-electron chi connectivity index (χ1n) is 6.28. The lowest BCUT2D eigenvalue weighted by Crippen LogP contribution is -1.91. The summed E-state index contributed by atoms with van der Waals surface area (Å²) in [5, 5.41) is 0.722. The van der Waals surface area contributed by atoms with Gasteiger partial charge in [0.15, 0.2) is 0 Å². The summed E-state index contributed by atoms with van der Waals surface area (Å²) in [4.78, 5) is 8.02. The molecule has 19 heavy (non-hydrogen) atoms. The summed E-state index contributed by atoms with van der Waals surface area (Å²) in [5.41, 5.74) is 6.85. The van der Waals surface area contributed by atoms with Gasteiger partial charge in [0, 0.05) is 10.6 Å². The van der Waals surface area contributed by atoms with Crippen molar-refractivity contribution in [2.24, 2.45) is 0 Å². The largest absolute Gasteiger partial charge is 0.338 e. The van der Waals surface area contributed by atoms with Crippen molar-refractivity contribution in [1.29, 1.82) is 0 Å². The zero-order chi connectivity index (χ0) is 13.6. The highest BCUT2D eigenvalue weighted by Crippen LogP contribution is 2.28. The van der Waals surface area contributed by atoms with E-state index in [1.807, 2.05) is 18.2 Å². The van der Waals surface area contributed by atoms with Crippen LogP contribution in [0.1, 0.15) is 16.7 Å². The molecule has 0 spiro atoms. The van der Waals surface area contributed by atoms with Crippen LogP contribution in [0.2, 0.25) is 5.02 Å². The number of nitrogens with zero attached hydrogens (tertiary/aromatic N) is 1. The molecule has 0 saturated carbocycles. The summed E-state index contributed by atoms with van der Waals surface area (Å²) in [5.74, 6) is 0.910. The highest BCUT2D eigenvalue weighted by molar-refractivity contribution is 6.31. The molecule has 3 rings (SSSR count). The fourth-order valence-electron chi connectivity index (χ4n) is 2.65. The SMILES string of the molecule is Cc1cc(C)c(-c2nc3ccc(Cl)cc3[nH]2)c(C)c1. The van der Waals surface area contributed by atoms with E-state index in [0.717, 1.165) is 21.9 Å². The predicted molar refractivity (Wildman–Crippen MR) is 80.8 cm³/mol. The monoisotopic (exact) mass is 270 g/mol. The third kappa shape index (κ3) is 2.13. The maximum Gasteiger partial charge on any atom is 0.139 e. The Bertz CT molecular complexity index is 749. The molecular weight excluding hydrogens is 256 g/mol. The zero-order valence-electron chi connectivity index (χ0n) is 11.2. The fraction of sp³-hybridized carbons (Fsp3) is 0.188. The Hall–Kier alpha value is -1.80. The highest BCUT2D eigenvalue weighted by Gasteiger charge is 2.11. The van der Waals surface area contributed by atoms with Crippen LogP contribution >= 0.6 is 11.6 Å². The summed E-state index contributed by atoms with van der Waals surface area (Å²) in [6.45, 7) is 6.35. The van der Waals surface area contributed by atoms with E-state index in [2.05, 4.69) is 42.9 Å². The van der Waals surface area contributed by atoms with Crippen LogP contribution in [0.5, 0.6) is 0 Å². The molecule has 0 unspecified atom stereocenters. The minimum atomic E-state index is 0.722. The molecule has 1 N–H and O–H groups in total. The van der Waals surface area contributed by atoms with Crippen molar-refractivity contribution < 1.29 is 0 Å². The number of nitrogens with one attached hydrogen (secondary N) is 1. The number of halogens is 1. The first-order valence-corrected chi connectivity index (χ1v) is 6.66. The Kier molecular flexibility index (Phi) is 2.83. The number of aromatic nitrogens is 2. The Morgan fingerprint density at radius 1 is 1.00 bits per heavy atom. The number of benzene rings is 2. The van der Waals surface area contributed by atoms with Gasteiger partial charge in [0.25, 0.3) is 0 Å². The quantitative estimate of drug-likeness (QED) is 0.675. The number of hydrogen-bond acceptors (Lipinski definition) is 1. The number of aryl methyl sites for hydroxylation is 3. The molecule has 3 aromatic rings. The maximum absolute atomic E-state index is 6.01. The molecule has 1 aromatic heterocycles. The topological polar surface area (TPSA) is 28.7 Å². The molecule has 0 aliphatic heterocycles. The average Bonchev–Trinajstić information content (AvgIpc) is 2.69. The van der Waals surface area contributed by atoms with E-state index in [1.54, 1.807) is 0 Å². The van der Waals surface area contributed by atoms with E-state index < -0.39 is 0 Å². The molecule has 2 aromatic carbocycles. The molecule has 0 aliphatic carbocycles. The zero-order valence-corrected chi connectivity index (χ0v) is 12.0. The van der Waals surface area contributed by atoms with E-state index >= 15 is 0 Å². The summed E-state index contributed by atoms with van der Waals surface area (Å²) in [6.07, 6.45) is 0. The second-order valence-electron chi connectivity index (χ2n) is 5.02. The minimum absolute atomic E-state index is 0.722. The van der Waals surface area contributed by atoms with Crippen LogP contribution < -0.4 is 0 Å². The minimum Gasteiger partial charge on any atom is -0.338 e. The molecule has 96 valence electrons. The van der Waals surface area contributed by atoms with Crippen LogP contribution in [-0.4, -0.2) is 9.97 Å². The van der Waals surface area contributed by atoms with Crippen molar-refractivity contribution in [2.45, 2.75) is 20.8 Å². The number of hydrogen-bond donors (Lipinski definition) is 1. The van der Waals surface area contributed by atoms with Gasteiger partial charge in [-0.1, -0.05) is 29.3 Å². The summed E-state index contributed by atoms with van der Waals surface area (Å²) >= 11 is 6.01. The van der Waals surface area contributed by atoms with Gasteiger partial charge in [-0.3, -0.25) is 0 Å². The second-order valence-corrected chi connectivity index (χ2v) is 5.46. The molecule has 3 heteroatoms. The van der Waals surface area contributed by atoms with Crippen molar-refractivity contribution in [1.82, 2.24) is 9.97 Å². The average molecular weight is 271 g/mol. The molecule has 0 bridgehead atoms. The predicted octanol–water partition coefficient (Wildman–Crippen LogP) is 4.81. The third-order valence-electron chi connectivity index (χ3n) is 3.36. The third-order valence-corrected chi connectivity index (χ3v) is 3.59. The van der Waals surface area contributed by atoms with Gasteiger partial charge in [-0.15, -0.1) is 0 Å². The van der Waals surface area contributed by atoms with Crippen molar-refractivity contribution in [3.05, 3.63) is 52.0 Å². The van der Waals surface area contributed by atoms with Crippen molar-refractivity contribution in [2.75, 3.05) is 0 Å². The van der Waals surface area contributed by atoms with Crippen molar-refractivity contribution >= 4 is 22.6 Å². The molecule has 2 nitrogen and oxygen atoms in total. The summed E-state index contributed by atoms with van der Waals surface area (Å²) in [6, 6.07) is 10.1.